The summed E-state index contributed by atoms with van der Waals surface area (Å²) in [6.45, 7) is 4.38. The summed E-state index contributed by atoms with van der Waals surface area (Å²) < 4.78 is 11.2. The van der Waals surface area contributed by atoms with E-state index in [-0.39, 0.29) is 30.2 Å². The molecule has 1 aliphatic heterocycles. The van der Waals surface area contributed by atoms with Crippen molar-refractivity contribution in [2.24, 2.45) is 0 Å². The summed E-state index contributed by atoms with van der Waals surface area (Å²) in [7, 11) is 0. The second kappa shape index (κ2) is 7.51. The van der Waals surface area contributed by atoms with E-state index in [0.717, 1.165) is 5.56 Å². The molecule has 1 fully saturated rings. The number of furan rings is 1. The number of carboxylic acids is 1. The van der Waals surface area contributed by atoms with Crippen molar-refractivity contribution in [2.75, 3.05) is 13.2 Å². The largest absolute Gasteiger partial charge is 0.481 e. The van der Waals surface area contributed by atoms with Crippen LogP contribution in [0.5, 0.6) is 0 Å². The number of carbonyl (C=O) groups is 2. The van der Waals surface area contributed by atoms with Gasteiger partial charge in [0.15, 0.2) is 0 Å². The highest BCUT2D eigenvalue weighted by Gasteiger charge is 2.34. The number of rotatable bonds is 4. The maximum Gasteiger partial charge on any atom is 0.311 e. The highest BCUT2D eigenvalue weighted by molar-refractivity contribution is 6.30. The van der Waals surface area contributed by atoms with E-state index in [9.17, 15) is 9.59 Å². The number of halogens is 1. The molecule has 2 atom stereocenters. The van der Waals surface area contributed by atoms with Crippen LogP contribution < -0.4 is 0 Å². The third-order valence-corrected chi connectivity index (χ3v) is 4.73. The minimum Gasteiger partial charge on any atom is -0.481 e. The van der Waals surface area contributed by atoms with Crippen molar-refractivity contribution in [1.82, 2.24) is 4.90 Å². The zero-order chi connectivity index (χ0) is 18.8. The van der Waals surface area contributed by atoms with Crippen LogP contribution in [0, 0.1) is 6.92 Å². The van der Waals surface area contributed by atoms with Gasteiger partial charge in [0.2, 0.25) is 0 Å². The van der Waals surface area contributed by atoms with E-state index in [1.165, 1.54) is 6.26 Å². The maximum atomic E-state index is 13.1. The predicted molar refractivity (Wildman–Crippen MR) is 95.4 cm³/mol. The summed E-state index contributed by atoms with van der Waals surface area (Å²) in [5.74, 6) is -1.10. The van der Waals surface area contributed by atoms with Gasteiger partial charge >= 0.3 is 5.97 Å². The van der Waals surface area contributed by atoms with Crippen molar-refractivity contribution in [2.45, 2.75) is 32.4 Å². The molecule has 1 amide bonds. The Morgan fingerprint density at radius 2 is 2.15 bits per heavy atom. The fourth-order valence-electron chi connectivity index (χ4n) is 3.14. The predicted octanol–water partition coefficient (Wildman–Crippen LogP) is 3.47. The minimum atomic E-state index is -1.04. The third-order valence-electron chi connectivity index (χ3n) is 4.49. The average Bonchev–Trinajstić information content (AvgIpc) is 2.94. The van der Waals surface area contributed by atoms with E-state index in [4.69, 9.17) is 25.9 Å². The normalized spacial score (nSPS) is 20.2. The van der Waals surface area contributed by atoms with Crippen molar-refractivity contribution in [3.05, 3.63) is 58.0 Å². The van der Waals surface area contributed by atoms with Gasteiger partial charge in [0.25, 0.3) is 5.91 Å². The first-order valence-electron chi connectivity index (χ1n) is 8.33. The zero-order valence-corrected chi connectivity index (χ0v) is 15.3. The second-order valence-electron chi connectivity index (χ2n) is 6.47. The van der Waals surface area contributed by atoms with Gasteiger partial charge in [-0.05, 0) is 31.5 Å². The van der Waals surface area contributed by atoms with Gasteiger partial charge in [-0.1, -0.05) is 23.7 Å². The molecule has 7 heteroatoms. The molecule has 0 aliphatic carbocycles. The van der Waals surface area contributed by atoms with E-state index < -0.39 is 5.97 Å². The van der Waals surface area contributed by atoms with Gasteiger partial charge in [0.1, 0.15) is 18.3 Å². The van der Waals surface area contributed by atoms with E-state index in [1.54, 1.807) is 17.9 Å². The average molecular weight is 378 g/mol. The molecule has 1 saturated heterocycles. The van der Waals surface area contributed by atoms with Crippen molar-refractivity contribution >= 4 is 23.5 Å². The van der Waals surface area contributed by atoms with Crippen molar-refractivity contribution in [1.29, 1.82) is 0 Å². The second-order valence-corrected chi connectivity index (χ2v) is 6.91. The van der Waals surface area contributed by atoms with Crippen LogP contribution in [0.15, 0.2) is 34.9 Å². The minimum absolute atomic E-state index is 0.134. The van der Waals surface area contributed by atoms with Gasteiger partial charge in [0.05, 0.1) is 31.0 Å². The number of benzene rings is 1. The van der Waals surface area contributed by atoms with Crippen LogP contribution in [0.3, 0.4) is 0 Å². The van der Waals surface area contributed by atoms with E-state index in [0.29, 0.717) is 29.3 Å². The number of hydrogen-bond acceptors (Lipinski definition) is 4. The van der Waals surface area contributed by atoms with Gasteiger partial charge in [-0.25, -0.2) is 0 Å². The van der Waals surface area contributed by atoms with Crippen molar-refractivity contribution < 1.29 is 23.8 Å². The van der Waals surface area contributed by atoms with Crippen LogP contribution in [-0.2, 0) is 16.0 Å². The molecule has 1 aromatic carbocycles. The fraction of sp³-hybridized carbons (Fsp3) is 0.368. The smallest absolute Gasteiger partial charge is 0.311 e. The monoisotopic (exact) mass is 377 g/mol. The molecule has 0 bridgehead atoms. The van der Waals surface area contributed by atoms with Crippen LogP contribution in [-0.4, -0.2) is 41.1 Å². The van der Waals surface area contributed by atoms with Gasteiger partial charge in [-0.3, -0.25) is 9.59 Å². The summed E-state index contributed by atoms with van der Waals surface area (Å²) in [4.78, 5) is 25.9. The number of ether oxygens (including phenoxy) is 1. The zero-order valence-electron chi connectivity index (χ0n) is 14.6. The third kappa shape index (κ3) is 3.76. The fourth-order valence-corrected chi connectivity index (χ4v) is 3.34. The Hall–Kier alpha value is -2.31. The molecule has 3 rings (SSSR count). The Balaban J connectivity index is 1.86. The molecular formula is C19H20ClNO5. The molecule has 2 unspecified atom stereocenters. The van der Waals surface area contributed by atoms with Gasteiger partial charge in [-0.2, -0.15) is 0 Å². The van der Waals surface area contributed by atoms with Crippen molar-refractivity contribution in [3.63, 3.8) is 0 Å². The number of morpholine rings is 1. The number of nitrogens with zero attached hydrogens (tertiary/aromatic N) is 1. The number of carbonyl (C=O) groups excluding carboxylic acids is 1. The molecule has 0 radical (unpaired) electrons. The Kier molecular flexibility index (Phi) is 5.34. The lowest BCUT2D eigenvalue weighted by atomic mass is 10.0. The first kappa shape index (κ1) is 18.5. The van der Waals surface area contributed by atoms with Crippen LogP contribution in [0.1, 0.15) is 40.3 Å². The summed E-state index contributed by atoms with van der Waals surface area (Å²) in [5, 5.41) is 9.65. The molecule has 1 N–H and O–H groups in total. The number of hydrogen-bond donors (Lipinski definition) is 1. The lowest BCUT2D eigenvalue weighted by Gasteiger charge is -2.38. The van der Waals surface area contributed by atoms with Crippen LogP contribution in [0.25, 0.3) is 0 Å². The molecule has 0 saturated carbocycles. The molecule has 0 spiro atoms. The van der Waals surface area contributed by atoms with Gasteiger partial charge < -0.3 is 19.2 Å². The molecule has 2 heterocycles. The SMILES string of the molecule is Cc1coc(CC(=O)O)c1C(=O)N1CC(c2cccc(Cl)c2)OCC1C. The number of aryl methyl sites for hydroxylation is 1. The molecule has 6 nitrogen and oxygen atoms in total. The molecule has 2 aromatic rings. The summed E-state index contributed by atoms with van der Waals surface area (Å²) in [6.07, 6.45) is 0.806. The number of amides is 1. The van der Waals surface area contributed by atoms with E-state index in [2.05, 4.69) is 0 Å². The van der Waals surface area contributed by atoms with Crippen LogP contribution in [0.2, 0.25) is 5.02 Å². The first-order valence-corrected chi connectivity index (χ1v) is 8.71. The van der Waals surface area contributed by atoms with Gasteiger partial charge in [0, 0.05) is 10.6 Å². The molecule has 138 valence electrons. The maximum absolute atomic E-state index is 13.1. The summed E-state index contributed by atoms with van der Waals surface area (Å²) in [5.41, 5.74) is 1.85. The standard InChI is InChI=1S/C19H20ClNO5/c1-11-9-25-15(7-17(22)23)18(11)19(24)21-8-16(26-10-12(21)2)13-4-3-5-14(20)6-13/h3-6,9,12,16H,7-8,10H2,1-2H3,(H,22,23). The summed E-state index contributed by atoms with van der Waals surface area (Å²) >= 11 is 6.06. The quantitative estimate of drug-likeness (QED) is 0.882. The lowest BCUT2D eigenvalue weighted by Crippen LogP contribution is -2.48. The highest BCUT2D eigenvalue weighted by Crippen LogP contribution is 2.29. The molecule has 1 aliphatic rings. The molecule has 1 aromatic heterocycles. The highest BCUT2D eigenvalue weighted by atomic mass is 35.5. The Morgan fingerprint density at radius 3 is 2.85 bits per heavy atom. The topological polar surface area (TPSA) is 80.0 Å². The van der Waals surface area contributed by atoms with Gasteiger partial charge in [-0.15, -0.1) is 0 Å². The van der Waals surface area contributed by atoms with Crippen LogP contribution >= 0.6 is 11.6 Å². The number of carboxylic acid groups (broad SMARTS) is 1. The Bertz CT molecular complexity index is 831. The lowest BCUT2D eigenvalue weighted by molar-refractivity contribution is -0.136. The Morgan fingerprint density at radius 1 is 1.38 bits per heavy atom. The van der Waals surface area contributed by atoms with Crippen molar-refractivity contribution in [3.8, 4) is 0 Å². The van der Waals surface area contributed by atoms with E-state index in [1.807, 2.05) is 25.1 Å². The summed E-state index contributed by atoms with van der Waals surface area (Å²) in [6, 6.07) is 7.23. The first-order chi connectivity index (χ1) is 12.4. The molecular weight excluding hydrogens is 358 g/mol. The van der Waals surface area contributed by atoms with E-state index >= 15 is 0 Å². The van der Waals surface area contributed by atoms with Crippen LogP contribution in [0.4, 0.5) is 0 Å². The molecule has 26 heavy (non-hydrogen) atoms. The number of aliphatic carboxylic acids is 1. The Labute approximate surface area is 156 Å².